The Balaban J connectivity index is 1.86. The third-order valence-corrected chi connectivity index (χ3v) is 4.67. The molecule has 1 fully saturated rings. The van der Waals surface area contributed by atoms with Crippen molar-refractivity contribution in [3.8, 4) is 5.75 Å². The maximum atomic E-state index is 12.2. The summed E-state index contributed by atoms with van der Waals surface area (Å²) in [5.41, 5.74) is 6.53. The monoisotopic (exact) mass is 431 g/mol. The number of benzene rings is 2. The van der Waals surface area contributed by atoms with Crippen LogP contribution in [0.25, 0.3) is 6.08 Å². The maximum Gasteiger partial charge on any atom is 0.264 e. The van der Waals surface area contributed by atoms with Crippen molar-refractivity contribution >= 4 is 56.4 Å². The molecule has 0 unspecified atom stereocenters. The average molecular weight is 432 g/mol. The molecule has 1 aliphatic heterocycles. The van der Waals surface area contributed by atoms with Gasteiger partial charge in [-0.1, -0.05) is 34.1 Å². The summed E-state index contributed by atoms with van der Waals surface area (Å²) in [7, 11) is 0. The first kappa shape index (κ1) is 18.2. The van der Waals surface area contributed by atoms with Crippen molar-refractivity contribution in [1.82, 2.24) is 5.32 Å². The number of thioether (sulfide) groups is 1. The van der Waals surface area contributed by atoms with Gasteiger partial charge in [-0.15, -0.1) is 0 Å². The van der Waals surface area contributed by atoms with E-state index in [4.69, 9.17) is 10.5 Å². The van der Waals surface area contributed by atoms with Gasteiger partial charge in [0.05, 0.1) is 10.6 Å². The fourth-order valence-electron chi connectivity index (χ4n) is 2.15. The molecular weight excluding hydrogens is 418 g/mol. The second kappa shape index (κ2) is 8.20. The molecule has 3 N–H and O–H groups in total. The molecule has 1 heterocycles. The molecule has 2 aromatic carbocycles. The van der Waals surface area contributed by atoms with E-state index in [9.17, 15) is 9.59 Å². The smallest absolute Gasteiger partial charge is 0.264 e. The third kappa shape index (κ3) is 4.74. The van der Waals surface area contributed by atoms with Crippen LogP contribution in [0, 0.1) is 0 Å². The van der Waals surface area contributed by atoms with Crippen molar-refractivity contribution in [2.75, 3.05) is 6.61 Å². The standard InChI is InChI=1S/C18H14BrN3O3S/c19-12-6-7-14(25-10-16(20)23)11(8-12)9-15-17(24)22-18(26-15)21-13-4-2-1-3-5-13/h1-9H,10H2,(H2,20,23)(H,21,22,24)/b15-9-. The number of carbonyl (C=O) groups excluding carboxylic acids is 2. The van der Waals surface area contributed by atoms with Gasteiger partial charge in [-0.05, 0) is 48.2 Å². The molecule has 2 amide bonds. The van der Waals surface area contributed by atoms with E-state index in [1.165, 1.54) is 11.8 Å². The minimum Gasteiger partial charge on any atom is -0.483 e. The van der Waals surface area contributed by atoms with Gasteiger partial charge in [-0.2, -0.15) is 0 Å². The van der Waals surface area contributed by atoms with Gasteiger partial charge in [0.2, 0.25) is 0 Å². The molecule has 0 aromatic heterocycles. The second-order valence-electron chi connectivity index (χ2n) is 5.25. The maximum absolute atomic E-state index is 12.2. The molecule has 0 atom stereocenters. The van der Waals surface area contributed by atoms with Crippen molar-refractivity contribution in [2.24, 2.45) is 10.7 Å². The van der Waals surface area contributed by atoms with E-state index >= 15 is 0 Å². The summed E-state index contributed by atoms with van der Waals surface area (Å²) < 4.78 is 6.23. The first-order chi connectivity index (χ1) is 12.5. The van der Waals surface area contributed by atoms with Gasteiger partial charge in [-0.25, -0.2) is 4.99 Å². The number of amides is 2. The molecule has 0 bridgehead atoms. The molecule has 0 spiro atoms. The highest BCUT2D eigenvalue weighted by atomic mass is 79.9. The first-order valence-electron chi connectivity index (χ1n) is 7.56. The SMILES string of the molecule is NC(=O)COc1ccc(Br)cc1/C=C1\SC(=Nc2ccccc2)NC1=O. The van der Waals surface area contributed by atoms with Crippen LogP contribution in [0.4, 0.5) is 5.69 Å². The lowest BCUT2D eigenvalue weighted by Crippen LogP contribution is -2.20. The van der Waals surface area contributed by atoms with Crippen LogP contribution < -0.4 is 15.8 Å². The number of rotatable bonds is 5. The molecule has 3 rings (SSSR count). The highest BCUT2D eigenvalue weighted by molar-refractivity contribution is 9.10. The van der Waals surface area contributed by atoms with Crippen LogP contribution in [0.1, 0.15) is 5.56 Å². The molecule has 6 nitrogen and oxygen atoms in total. The van der Waals surface area contributed by atoms with Crippen molar-refractivity contribution in [3.63, 3.8) is 0 Å². The number of nitrogens with one attached hydrogen (secondary N) is 1. The number of carbonyl (C=O) groups is 2. The van der Waals surface area contributed by atoms with E-state index in [2.05, 4.69) is 26.2 Å². The highest BCUT2D eigenvalue weighted by Gasteiger charge is 2.24. The van der Waals surface area contributed by atoms with E-state index in [1.54, 1.807) is 24.3 Å². The van der Waals surface area contributed by atoms with E-state index in [-0.39, 0.29) is 12.5 Å². The van der Waals surface area contributed by atoms with Crippen LogP contribution in [-0.4, -0.2) is 23.6 Å². The van der Waals surface area contributed by atoms with Crippen molar-refractivity contribution < 1.29 is 14.3 Å². The normalized spacial score (nSPS) is 16.7. The van der Waals surface area contributed by atoms with Crippen molar-refractivity contribution in [3.05, 3.63) is 63.5 Å². The zero-order valence-electron chi connectivity index (χ0n) is 13.4. The van der Waals surface area contributed by atoms with Crippen molar-refractivity contribution in [1.29, 1.82) is 0 Å². The van der Waals surface area contributed by atoms with Crippen LogP contribution in [0.2, 0.25) is 0 Å². The Bertz CT molecular complexity index is 913. The lowest BCUT2D eigenvalue weighted by Gasteiger charge is -2.08. The Kier molecular flexibility index (Phi) is 5.75. The highest BCUT2D eigenvalue weighted by Crippen LogP contribution is 2.32. The largest absolute Gasteiger partial charge is 0.483 e. The van der Waals surface area contributed by atoms with E-state index < -0.39 is 5.91 Å². The predicted octanol–water partition coefficient (Wildman–Crippen LogP) is 3.20. The number of amidine groups is 1. The number of halogens is 1. The lowest BCUT2D eigenvalue weighted by atomic mass is 10.2. The molecule has 132 valence electrons. The van der Waals surface area contributed by atoms with Crippen LogP contribution in [0.3, 0.4) is 0 Å². The Morgan fingerprint density at radius 2 is 2.04 bits per heavy atom. The molecule has 1 aliphatic rings. The number of primary amides is 1. The fourth-order valence-corrected chi connectivity index (χ4v) is 3.37. The first-order valence-corrected chi connectivity index (χ1v) is 9.17. The number of nitrogens with zero attached hydrogens (tertiary/aromatic N) is 1. The Morgan fingerprint density at radius 3 is 2.77 bits per heavy atom. The summed E-state index contributed by atoms with van der Waals surface area (Å²) >= 11 is 4.62. The number of aliphatic imine (C=N–C) groups is 1. The molecule has 0 radical (unpaired) electrons. The number of hydrogen-bond acceptors (Lipinski definition) is 5. The molecule has 26 heavy (non-hydrogen) atoms. The third-order valence-electron chi connectivity index (χ3n) is 3.27. The summed E-state index contributed by atoms with van der Waals surface area (Å²) in [6.07, 6.45) is 1.69. The zero-order chi connectivity index (χ0) is 18.5. The van der Waals surface area contributed by atoms with Crippen LogP contribution in [-0.2, 0) is 9.59 Å². The number of nitrogens with two attached hydrogens (primary N) is 1. The Morgan fingerprint density at radius 1 is 1.27 bits per heavy atom. The number of ether oxygens (including phenoxy) is 1. The van der Waals surface area contributed by atoms with Gasteiger partial charge in [0.25, 0.3) is 11.8 Å². The van der Waals surface area contributed by atoms with Crippen LogP contribution >= 0.6 is 27.7 Å². The van der Waals surface area contributed by atoms with Gasteiger partial charge >= 0.3 is 0 Å². The van der Waals surface area contributed by atoms with Gasteiger partial charge in [0.15, 0.2) is 11.8 Å². The summed E-state index contributed by atoms with van der Waals surface area (Å²) in [5.74, 6) is -0.358. The van der Waals surface area contributed by atoms with Gasteiger partial charge in [0, 0.05) is 10.0 Å². The molecule has 0 saturated carbocycles. The van der Waals surface area contributed by atoms with Crippen LogP contribution in [0.15, 0.2) is 62.9 Å². The number of hydrogen-bond donors (Lipinski definition) is 2. The summed E-state index contributed by atoms with van der Waals surface area (Å²) in [5, 5.41) is 3.24. The summed E-state index contributed by atoms with van der Waals surface area (Å²) in [4.78, 5) is 28.1. The Labute approximate surface area is 162 Å². The van der Waals surface area contributed by atoms with E-state index in [1.807, 2.05) is 30.3 Å². The summed E-state index contributed by atoms with van der Waals surface area (Å²) in [6.45, 7) is -0.238. The van der Waals surface area contributed by atoms with Crippen LogP contribution in [0.5, 0.6) is 5.75 Å². The van der Waals surface area contributed by atoms with Gasteiger partial charge in [-0.3, -0.25) is 9.59 Å². The van der Waals surface area contributed by atoms with E-state index in [0.717, 1.165) is 10.2 Å². The van der Waals surface area contributed by atoms with E-state index in [0.29, 0.717) is 21.4 Å². The van der Waals surface area contributed by atoms with Gasteiger partial charge in [0.1, 0.15) is 5.75 Å². The minimum atomic E-state index is -0.572. The quantitative estimate of drug-likeness (QED) is 0.710. The van der Waals surface area contributed by atoms with Gasteiger partial charge < -0.3 is 15.8 Å². The topological polar surface area (TPSA) is 93.8 Å². The lowest BCUT2D eigenvalue weighted by molar-refractivity contribution is -0.120. The zero-order valence-corrected chi connectivity index (χ0v) is 15.8. The molecule has 8 heteroatoms. The minimum absolute atomic E-state index is 0.238. The van der Waals surface area contributed by atoms with Crippen molar-refractivity contribution in [2.45, 2.75) is 0 Å². The molecular formula is C18H14BrN3O3S. The second-order valence-corrected chi connectivity index (χ2v) is 7.20. The fraction of sp³-hybridized carbons (Fsp3) is 0.0556. The Hall–Kier alpha value is -2.58. The molecule has 1 saturated heterocycles. The molecule has 2 aromatic rings. The predicted molar refractivity (Wildman–Crippen MR) is 106 cm³/mol. The number of para-hydroxylation sites is 1. The average Bonchev–Trinajstić information content (AvgIpc) is 2.94. The summed E-state index contributed by atoms with van der Waals surface area (Å²) in [6, 6.07) is 14.6. The molecule has 0 aliphatic carbocycles.